The second kappa shape index (κ2) is 6.11. The molecule has 0 radical (unpaired) electrons. The van der Waals surface area contributed by atoms with Crippen LogP contribution in [0.25, 0.3) is 0 Å². The molecule has 0 aliphatic rings. The van der Waals surface area contributed by atoms with Crippen LogP contribution < -0.4 is 0 Å². The molecule has 0 saturated heterocycles. The third-order valence-corrected chi connectivity index (χ3v) is 3.12. The second-order valence-electron chi connectivity index (χ2n) is 4.83. The van der Waals surface area contributed by atoms with E-state index in [4.69, 9.17) is 9.47 Å². The zero-order valence-corrected chi connectivity index (χ0v) is 10.6. The average Bonchev–Trinajstić information content (AvgIpc) is 2.18. The lowest BCUT2D eigenvalue weighted by Gasteiger charge is -2.28. The van der Waals surface area contributed by atoms with Crippen LogP contribution in [0, 0.1) is 0 Å². The maximum atomic E-state index is 10.3. The van der Waals surface area contributed by atoms with E-state index in [9.17, 15) is 4.79 Å². The summed E-state index contributed by atoms with van der Waals surface area (Å²) in [4.78, 5) is 10.3. The summed E-state index contributed by atoms with van der Waals surface area (Å²) in [6.07, 6.45) is 3.70. The van der Waals surface area contributed by atoms with E-state index in [1.165, 1.54) is 0 Å². The molecule has 0 aromatic carbocycles. The first-order valence-corrected chi connectivity index (χ1v) is 5.56. The predicted octanol–water partition coefficient (Wildman–Crippen LogP) is 2.92. The minimum Gasteiger partial charge on any atom is -0.462 e. The molecule has 0 spiro atoms. The fourth-order valence-corrected chi connectivity index (χ4v) is 1.43. The normalized spacial score (nSPS) is 15.8. The summed E-state index contributed by atoms with van der Waals surface area (Å²) in [6, 6.07) is 0. The quantitative estimate of drug-likeness (QED) is 0.585. The highest BCUT2D eigenvalue weighted by Gasteiger charge is 2.25. The van der Waals surface area contributed by atoms with Crippen molar-refractivity contribution in [3.63, 3.8) is 0 Å². The van der Waals surface area contributed by atoms with Crippen LogP contribution in [0.15, 0.2) is 0 Å². The Hall–Kier alpha value is -0.570. The van der Waals surface area contributed by atoms with Gasteiger partial charge in [-0.3, -0.25) is 4.79 Å². The fraction of sp³-hybridized carbons (Fsp3) is 0.917. The first-order valence-electron chi connectivity index (χ1n) is 5.56. The van der Waals surface area contributed by atoms with Crippen LogP contribution in [0.2, 0.25) is 0 Å². The van der Waals surface area contributed by atoms with Crippen LogP contribution in [0.4, 0.5) is 0 Å². The summed E-state index contributed by atoms with van der Waals surface area (Å²) in [5.41, 5.74) is -0.401. The Balaban J connectivity index is 3.96. The van der Waals surface area contributed by atoms with Gasteiger partial charge in [-0.1, -0.05) is 6.92 Å². The smallest absolute Gasteiger partial charge is 0.293 e. The maximum Gasteiger partial charge on any atom is 0.293 e. The van der Waals surface area contributed by atoms with E-state index in [1.807, 2.05) is 13.8 Å². The zero-order chi connectivity index (χ0) is 11.9. The molecule has 1 unspecified atom stereocenters. The van der Waals surface area contributed by atoms with Gasteiger partial charge in [0.2, 0.25) is 0 Å². The summed E-state index contributed by atoms with van der Waals surface area (Å²) < 4.78 is 10.4. The van der Waals surface area contributed by atoms with Gasteiger partial charge in [0, 0.05) is 7.11 Å². The van der Waals surface area contributed by atoms with Crippen LogP contribution in [-0.2, 0) is 14.3 Å². The predicted molar refractivity (Wildman–Crippen MR) is 60.8 cm³/mol. The molecule has 0 amide bonds. The molecule has 0 fully saturated rings. The third kappa shape index (κ3) is 5.78. The van der Waals surface area contributed by atoms with E-state index in [0.29, 0.717) is 6.47 Å². The highest BCUT2D eigenvalue weighted by molar-refractivity contribution is 5.38. The van der Waals surface area contributed by atoms with Crippen LogP contribution in [-0.4, -0.2) is 24.8 Å². The number of carbonyl (C=O) groups excluding carboxylic acids is 1. The first-order chi connectivity index (χ1) is 6.89. The third-order valence-electron chi connectivity index (χ3n) is 3.12. The molecule has 15 heavy (non-hydrogen) atoms. The van der Waals surface area contributed by atoms with E-state index in [0.717, 1.165) is 25.7 Å². The van der Waals surface area contributed by atoms with Crippen molar-refractivity contribution in [2.75, 3.05) is 7.11 Å². The Morgan fingerprint density at radius 2 is 1.80 bits per heavy atom. The second-order valence-corrected chi connectivity index (χ2v) is 4.83. The summed E-state index contributed by atoms with van der Waals surface area (Å²) >= 11 is 0. The summed E-state index contributed by atoms with van der Waals surface area (Å²) in [5, 5.41) is 0. The molecular formula is C12H24O3. The number of rotatable bonds is 8. The monoisotopic (exact) mass is 216 g/mol. The molecule has 0 aromatic heterocycles. The SMILES string of the molecule is CCC(C)(CCCC(C)(C)OC)OC=O. The lowest BCUT2D eigenvalue weighted by atomic mass is 9.92. The van der Waals surface area contributed by atoms with Gasteiger partial charge in [0.15, 0.2) is 0 Å². The Kier molecular flexibility index (Phi) is 5.88. The van der Waals surface area contributed by atoms with Gasteiger partial charge in [-0.25, -0.2) is 0 Å². The standard InChI is InChI=1S/C12H24O3/c1-6-12(4,15-10-13)9-7-8-11(2,3)14-5/h10H,6-9H2,1-5H3. The zero-order valence-electron chi connectivity index (χ0n) is 10.6. The van der Waals surface area contributed by atoms with Crippen LogP contribution in [0.5, 0.6) is 0 Å². The van der Waals surface area contributed by atoms with Crippen LogP contribution in [0.3, 0.4) is 0 Å². The van der Waals surface area contributed by atoms with E-state index in [1.54, 1.807) is 7.11 Å². The molecule has 3 heteroatoms. The van der Waals surface area contributed by atoms with Crippen LogP contribution >= 0.6 is 0 Å². The number of ether oxygens (including phenoxy) is 2. The lowest BCUT2D eigenvalue weighted by Crippen LogP contribution is -2.29. The molecule has 0 aromatic rings. The van der Waals surface area contributed by atoms with Gasteiger partial charge in [-0.05, 0) is 46.5 Å². The van der Waals surface area contributed by atoms with Crippen molar-refractivity contribution in [3.05, 3.63) is 0 Å². The van der Waals surface area contributed by atoms with Crippen molar-refractivity contribution in [1.82, 2.24) is 0 Å². The number of hydrogen-bond donors (Lipinski definition) is 0. The molecule has 0 bridgehead atoms. The van der Waals surface area contributed by atoms with Crippen LogP contribution in [0.1, 0.15) is 53.4 Å². The summed E-state index contributed by atoms with van der Waals surface area (Å²) in [5.74, 6) is 0. The first kappa shape index (κ1) is 14.4. The van der Waals surface area contributed by atoms with E-state index in [2.05, 4.69) is 13.8 Å². The molecule has 0 heterocycles. The topological polar surface area (TPSA) is 35.5 Å². The molecule has 90 valence electrons. The van der Waals surface area contributed by atoms with Gasteiger partial charge in [0.25, 0.3) is 6.47 Å². The maximum absolute atomic E-state index is 10.3. The van der Waals surface area contributed by atoms with Crippen molar-refractivity contribution < 1.29 is 14.3 Å². The molecule has 0 saturated carbocycles. The molecule has 3 nitrogen and oxygen atoms in total. The lowest BCUT2D eigenvalue weighted by molar-refractivity contribution is -0.143. The molecule has 0 aliphatic heterocycles. The van der Waals surface area contributed by atoms with Crippen molar-refractivity contribution in [2.45, 2.75) is 64.6 Å². The Morgan fingerprint density at radius 1 is 1.20 bits per heavy atom. The largest absolute Gasteiger partial charge is 0.462 e. The number of hydrogen-bond acceptors (Lipinski definition) is 3. The molecule has 1 atom stereocenters. The van der Waals surface area contributed by atoms with Gasteiger partial charge in [0.05, 0.1) is 5.60 Å². The van der Waals surface area contributed by atoms with E-state index in [-0.39, 0.29) is 11.2 Å². The highest BCUT2D eigenvalue weighted by atomic mass is 16.5. The average molecular weight is 216 g/mol. The molecular weight excluding hydrogens is 192 g/mol. The van der Waals surface area contributed by atoms with Crippen molar-refractivity contribution in [3.8, 4) is 0 Å². The minimum absolute atomic E-state index is 0.0875. The molecule has 0 rings (SSSR count). The van der Waals surface area contributed by atoms with Gasteiger partial charge in [-0.2, -0.15) is 0 Å². The molecule has 0 aliphatic carbocycles. The summed E-state index contributed by atoms with van der Waals surface area (Å²) in [6.45, 7) is 8.69. The fourth-order valence-electron chi connectivity index (χ4n) is 1.43. The Morgan fingerprint density at radius 3 is 2.20 bits per heavy atom. The number of methoxy groups -OCH3 is 1. The summed E-state index contributed by atoms with van der Waals surface area (Å²) in [7, 11) is 1.72. The minimum atomic E-state index is -0.314. The van der Waals surface area contributed by atoms with E-state index < -0.39 is 0 Å². The van der Waals surface area contributed by atoms with Gasteiger partial charge >= 0.3 is 0 Å². The highest BCUT2D eigenvalue weighted by Crippen LogP contribution is 2.25. The molecule has 0 N–H and O–H groups in total. The van der Waals surface area contributed by atoms with Gasteiger partial charge in [0.1, 0.15) is 5.60 Å². The Labute approximate surface area is 93.1 Å². The van der Waals surface area contributed by atoms with Crippen molar-refractivity contribution in [1.29, 1.82) is 0 Å². The van der Waals surface area contributed by atoms with Gasteiger partial charge < -0.3 is 9.47 Å². The van der Waals surface area contributed by atoms with Crippen molar-refractivity contribution >= 4 is 6.47 Å². The number of carbonyl (C=O) groups is 1. The Bertz CT molecular complexity index is 189. The van der Waals surface area contributed by atoms with Crippen molar-refractivity contribution in [2.24, 2.45) is 0 Å². The van der Waals surface area contributed by atoms with Gasteiger partial charge in [-0.15, -0.1) is 0 Å². The van der Waals surface area contributed by atoms with E-state index >= 15 is 0 Å².